The summed E-state index contributed by atoms with van der Waals surface area (Å²) >= 11 is 11.0. The second-order valence-corrected chi connectivity index (χ2v) is 2.86. The second-order valence-electron chi connectivity index (χ2n) is 1.89. The van der Waals surface area contributed by atoms with E-state index in [4.69, 9.17) is 28.9 Å². The maximum absolute atomic E-state index is 12.1. The van der Waals surface area contributed by atoms with Crippen LogP contribution in [0.2, 0.25) is 0 Å². The lowest BCUT2D eigenvalue weighted by Gasteiger charge is -1.98. The molecule has 0 aliphatic carbocycles. The van der Waals surface area contributed by atoms with Crippen molar-refractivity contribution < 1.29 is 4.39 Å². The molecule has 0 radical (unpaired) electrons. The third kappa shape index (κ3) is 4.06. The number of rotatable bonds is 2. The van der Waals surface area contributed by atoms with E-state index < -0.39 is 5.83 Å². The van der Waals surface area contributed by atoms with E-state index in [1.54, 1.807) is 6.92 Å². The summed E-state index contributed by atoms with van der Waals surface area (Å²) in [6.07, 6.45) is 1.00. The fourth-order valence-corrected chi connectivity index (χ4v) is 0.790. The van der Waals surface area contributed by atoms with E-state index in [0.717, 1.165) is 6.08 Å². The van der Waals surface area contributed by atoms with Crippen LogP contribution < -0.4 is 5.73 Å². The zero-order valence-corrected chi connectivity index (χ0v) is 7.51. The number of hydrogen-bond acceptors (Lipinski definition) is 1. The Hall–Kier alpha value is -0.470. The van der Waals surface area contributed by atoms with Crippen LogP contribution in [0.3, 0.4) is 0 Å². The maximum Gasteiger partial charge on any atom is 0.117 e. The van der Waals surface area contributed by atoms with E-state index in [0.29, 0.717) is 5.03 Å². The topological polar surface area (TPSA) is 26.0 Å². The van der Waals surface area contributed by atoms with Crippen LogP contribution >= 0.6 is 23.2 Å². The SMILES string of the molecule is C=C(F)/C=C(Cl)\C(N)=C(/C)Cl. The molecule has 0 heterocycles. The minimum Gasteiger partial charge on any atom is -0.397 e. The molecule has 0 atom stereocenters. The Bertz CT molecular complexity index is 227. The molecule has 0 amide bonds. The Morgan fingerprint density at radius 2 is 2.00 bits per heavy atom. The molecule has 11 heavy (non-hydrogen) atoms. The first-order chi connectivity index (χ1) is 4.95. The molecule has 0 unspecified atom stereocenters. The van der Waals surface area contributed by atoms with Crippen molar-refractivity contribution in [2.75, 3.05) is 0 Å². The minimum atomic E-state index is -0.657. The van der Waals surface area contributed by atoms with Crippen LogP contribution in [-0.2, 0) is 0 Å². The summed E-state index contributed by atoms with van der Waals surface area (Å²) in [6, 6.07) is 0. The Kier molecular flexibility index (Phi) is 4.23. The second kappa shape index (κ2) is 4.42. The largest absolute Gasteiger partial charge is 0.397 e. The van der Waals surface area contributed by atoms with E-state index in [1.807, 2.05) is 0 Å². The predicted octanol–water partition coefficient (Wildman–Crippen LogP) is 3.02. The molecule has 0 rings (SSSR count). The highest BCUT2D eigenvalue weighted by Gasteiger charge is 2.00. The first-order valence-electron chi connectivity index (χ1n) is 2.79. The summed E-state index contributed by atoms with van der Waals surface area (Å²) in [5, 5.41) is 0.387. The summed E-state index contributed by atoms with van der Waals surface area (Å²) in [5.41, 5.74) is 5.51. The van der Waals surface area contributed by atoms with Gasteiger partial charge in [0.15, 0.2) is 0 Å². The van der Waals surface area contributed by atoms with E-state index >= 15 is 0 Å². The van der Waals surface area contributed by atoms with Gasteiger partial charge in [-0.2, -0.15) is 0 Å². The molecule has 1 nitrogen and oxygen atoms in total. The van der Waals surface area contributed by atoms with E-state index in [2.05, 4.69) is 6.58 Å². The van der Waals surface area contributed by atoms with Gasteiger partial charge in [-0.25, -0.2) is 4.39 Å². The number of nitrogens with two attached hydrogens (primary N) is 1. The van der Waals surface area contributed by atoms with Crippen molar-refractivity contribution >= 4 is 23.2 Å². The molecule has 0 saturated heterocycles. The van der Waals surface area contributed by atoms with Gasteiger partial charge in [-0.3, -0.25) is 0 Å². The van der Waals surface area contributed by atoms with Crippen molar-refractivity contribution in [3.63, 3.8) is 0 Å². The van der Waals surface area contributed by atoms with Crippen LogP contribution in [0.4, 0.5) is 4.39 Å². The molecular weight excluding hydrogens is 188 g/mol. The number of halogens is 3. The average Bonchev–Trinajstić information content (AvgIpc) is 1.84. The van der Waals surface area contributed by atoms with Crippen LogP contribution in [0, 0.1) is 0 Å². The highest BCUT2D eigenvalue weighted by molar-refractivity contribution is 6.35. The molecule has 0 aliphatic heterocycles. The van der Waals surface area contributed by atoms with Crippen LogP contribution in [0.5, 0.6) is 0 Å². The van der Waals surface area contributed by atoms with Crippen LogP contribution in [0.1, 0.15) is 6.92 Å². The first kappa shape index (κ1) is 10.5. The summed E-state index contributed by atoms with van der Waals surface area (Å²) < 4.78 is 12.1. The van der Waals surface area contributed by atoms with Gasteiger partial charge in [0.05, 0.1) is 10.7 Å². The minimum absolute atomic E-state index is 0.0602. The van der Waals surface area contributed by atoms with Gasteiger partial charge in [0.25, 0.3) is 0 Å². The summed E-state index contributed by atoms with van der Waals surface area (Å²) in [7, 11) is 0. The molecule has 0 spiro atoms. The quantitative estimate of drug-likeness (QED) is 0.675. The molecule has 0 aromatic rings. The highest BCUT2D eigenvalue weighted by atomic mass is 35.5. The van der Waals surface area contributed by atoms with Crippen LogP contribution in [-0.4, -0.2) is 0 Å². The molecule has 0 fully saturated rings. The van der Waals surface area contributed by atoms with Crippen molar-refractivity contribution in [3.05, 3.63) is 34.2 Å². The van der Waals surface area contributed by atoms with Crippen molar-refractivity contribution in [2.45, 2.75) is 6.92 Å². The lowest BCUT2D eigenvalue weighted by atomic mass is 10.3. The molecule has 4 heteroatoms. The van der Waals surface area contributed by atoms with Gasteiger partial charge in [-0.1, -0.05) is 29.8 Å². The smallest absolute Gasteiger partial charge is 0.117 e. The standard InChI is InChI=1S/C7H8Cl2FN/c1-4(10)3-6(9)7(11)5(2)8/h3H,1,11H2,2H3/b6-3+,7-5-. The highest BCUT2D eigenvalue weighted by Crippen LogP contribution is 2.17. The van der Waals surface area contributed by atoms with E-state index in [-0.39, 0.29) is 10.7 Å². The number of hydrogen-bond donors (Lipinski definition) is 1. The molecule has 0 bridgehead atoms. The lowest BCUT2D eigenvalue weighted by Crippen LogP contribution is -1.98. The molecule has 62 valence electrons. The number of allylic oxidation sites excluding steroid dienone is 4. The van der Waals surface area contributed by atoms with Crippen LogP contribution in [0.15, 0.2) is 34.2 Å². The first-order valence-corrected chi connectivity index (χ1v) is 3.54. The monoisotopic (exact) mass is 195 g/mol. The Morgan fingerprint density at radius 1 is 1.55 bits per heavy atom. The maximum atomic E-state index is 12.1. The predicted molar refractivity (Wildman–Crippen MR) is 46.9 cm³/mol. The zero-order chi connectivity index (χ0) is 9.02. The third-order valence-electron chi connectivity index (χ3n) is 0.912. The molecular formula is C7H8Cl2FN. The van der Waals surface area contributed by atoms with Gasteiger partial charge in [0.1, 0.15) is 5.83 Å². The summed E-state index contributed by atoms with van der Waals surface area (Å²) in [6.45, 7) is 4.55. The van der Waals surface area contributed by atoms with Gasteiger partial charge < -0.3 is 5.73 Å². The lowest BCUT2D eigenvalue weighted by molar-refractivity contribution is 0.671. The zero-order valence-electron chi connectivity index (χ0n) is 6.00. The van der Waals surface area contributed by atoms with Gasteiger partial charge in [0, 0.05) is 5.03 Å². The normalized spacial score (nSPS) is 14.4. The van der Waals surface area contributed by atoms with Gasteiger partial charge in [-0.15, -0.1) is 0 Å². The Balaban J connectivity index is 4.63. The van der Waals surface area contributed by atoms with E-state index in [9.17, 15) is 4.39 Å². The Labute approximate surface area is 75.0 Å². The van der Waals surface area contributed by atoms with Crippen molar-refractivity contribution in [1.82, 2.24) is 0 Å². The average molecular weight is 196 g/mol. The van der Waals surface area contributed by atoms with Gasteiger partial charge in [-0.05, 0) is 13.0 Å². The molecule has 0 saturated carbocycles. The molecule has 0 aromatic carbocycles. The molecule has 0 aromatic heterocycles. The van der Waals surface area contributed by atoms with Crippen molar-refractivity contribution in [1.29, 1.82) is 0 Å². The van der Waals surface area contributed by atoms with Gasteiger partial charge in [0.2, 0.25) is 0 Å². The van der Waals surface area contributed by atoms with Crippen molar-refractivity contribution in [2.24, 2.45) is 5.73 Å². The summed E-state index contributed by atoms with van der Waals surface area (Å²) in [5.74, 6) is -0.657. The molecule has 0 aliphatic rings. The van der Waals surface area contributed by atoms with Crippen LogP contribution in [0.25, 0.3) is 0 Å². The van der Waals surface area contributed by atoms with E-state index in [1.165, 1.54) is 0 Å². The molecule has 2 N–H and O–H groups in total. The third-order valence-corrected chi connectivity index (χ3v) is 1.43. The van der Waals surface area contributed by atoms with Crippen molar-refractivity contribution in [3.8, 4) is 0 Å². The summed E-state index contributed by atoms with van der Waals surface area (Å²) in [4.78, 5) is 0. The fourth-order valence-electron chi connectivity index (χ4n) is 0.380. The van der Waals surface area contributed by atoms with Gasteiger partial charge >= 0.3 is 0 Å². The Morgan fingerprint density at radius 3 is 2.27 bits per heavy atom. The fraction of sp³-hybridized carbons (Fsp3) is 0.143.